The van der Waals surface area contributed by atoms with E-state index in [0.29, 0.717) is 24.4 Å². The monoisotopic (exact) mass is 337 g/mol. The number of nitrogens with one attached hydrogen (secondary N) is 1. The number of hydrogen-bond donors (Lipinski definition) is 1. The van der Waals surface area contributed by atoms with Gasteiger partial charge in [-0.05, 0) is 25.5 Å². The zero-order valence-electron chi connectivity index (χ0n) is 14.1. The smallest absolute Gasteiger partial charge is 0.255 e. The SMILES string of the molecule is CCC(NC(=O)c1cnc(-c2ccncc2)nc1)c1ncnn1CC. The molecule has 0 fully saturated rings. The van der Waals surface area contributed by atoms with E-state index in [9.17, 15) is 4.79 Å². The highest BCUT2D eigenvalue weighted by Crippen LogP contribution is 2.16. The van der Waals surface area contributed by atoms with Crippen LogP contribution in [-0.2, 0) is 6.54 Å². The second kappa shape index (κ2) is 7.61. The summed E-state index contributed by atoms with van der Waals surface area (Å²) in [5, 5.41) is 7.12. The molecule has 8 heteroatoms. The van der Waals surface area contributed by atoms with Gasteiger partial charge in [0.15, 0.2) is 5.82 Å². The topological polar surface area (TPSA) is 98.5 Å². The van der Waals surface area contributed by atoms with Gasteiger partial charge in [0.05, 0.1) is 11.6 Å². The molecule has 1 atom stereocenters. The Morgan fingerprint density at radius 3 is 2.52 bits per heavy atom. The molecule has 0 aromatic carbocycles. The Balaban J connectivity index is 1.74. The normalized spacial score (nSPS) is 11.9. The Morgan fingerprint density at radius 1 is 1.16 bits per heavy atom. The summed E-state index contributed by atoms with van der Waals surface area (Å²) in [6.45, 7) is 4.67. The molecule has 25 heavy (non-hydrogen) atoms. The third-order valence-corrected chi connectivity index (χ3v) is 3.82. The lowest BCUT2D eigenvalue weighted by atomic mass is 10.2. The lowest BCUT2D eigenvalue weighted by molar-refractivity contribution is 0.0932. The fourth-order valence-corrected chi connectivity index (χ4v) is 2.47. The van der Waals surface area contributed by atoms with E-state index >= 15 is 0 Å². The Kier molecular flexibility index (Phi) is 5.08. The van der Waals surface area contributed by atoms with Crippen molar-refractivity contribution in [3.05, 3.63) is 54.6 Å². The van der Waals surface area contributed by atoms with Crippen LogP contribution in [0.5, 0.6) is 0 Å². The minimum absolute atomic E-state index is 0.213. The maximum Gasteiger partial charge on any atom is 0.255 e. The van der Waals surface area contributed by atoms with Gasteiger partial charge in [0.25, 0.3) is 5.91 Å². The second-order valence-electron chi connectivity index (χ2n) is 5.40. The summed E-state index contributed by atoms with van der Waals surface area (Å²) >= 11 is 0. The fraction of sp³-hybridized carbons (Fsp3) is 0.294. The summed E-state index contributed by atoms with van der Waals surface area (Å²) in [7, 11) is 0. The van der Waals surface area contributed by atoms with Gasteiger partial charge in [-0.25, -0.2) is 19.6 Å². The molecule has 1 unspecified atom stereocenters. The summed E-state index contributed by atoms with van der Waals surface area (Å²) in [5.74, 6) is 1.06. The van der Waals surface area contributed by atoms with Crippen molar-refractivity contribution in [2.75, 3.05) is 0 Å². The first-order valence-electron chi connectivity index (χ1n) is 8.14. The van der Waals surface area contributed by atoms with Crippen LogP contribution in [0.1, 0.15) is 42.5 Å². The van der Waals surface area contributed by atoms with E-state index in [2.05, 4.69) is 30.4 Å². The largest absolute Gasteiger partial charge is 0.342 e. The van der Waals surface area contributed by atoms with Gasteiger partial charge in [-0.15, -0.1) is 0 Å². The highest BCUT2D eigenvalue weighted by atomic mass is 16.1. The first-order valence-corrected chi connectivity index (χ1v) is 8.14. The minimum atomic E-state index is -0.237. The molecule has 8 nitrogen and oxygen atoms in total. The van der Waals surface area contributed by atoms with Crippen molar-refractivity contribution < 1.29 is 4.79 Å². The first kappa shape index (κ1) is 16.7. The molecule has 0 spiro atoms. The number of nitrogens with zero attached hydrogens (tertiary/aromatic N) is 6. The van der Waals surface area contributed by atoms with Gasteiger partial charge in [-0.2, -0.15) is 5.10 Å². The molecule has 0 bridgehead atoms. The van der Waals surface area contributed by atoms with E-state index in [1.165, 1.54) is 18.7 Å². The lowest BCUT2D eigenvalue weighted by Crippen LogP contribution is -2.30. The molecule has 1 N–H and O–H groups in total. The van der Waals surface area contributed by atoms with Gasteiger partial charge in [0.1, 0.15) is 12.2 Å². The van der Waals surface area contributed by atoms with Crippen molar-refractivity contribution in [1.29, 1.82) is 0 Å². The highest BCUT2D eigenvalue weighted by molar-refractivity contribution is 5.93. The molecule has 3 rings (SSSR count). The molecule has 3 aromatic heterocycles. The van der Waals surface area contributed by atoms with Crippen molar-refractivity contribution in [3.8, 4) is 11.4 Å². The predicted octanol–water partition coefficient (Wildman–Crippen LogP) is 2.03. The van der Waals surface area contributed by atoms with Crippen LogP contribution in [0.2, 0.25) is 0 Å². The zero-order valence-corrected chi connectivity index (χ0v) is 14.1. The van der Waals surface area contributed by atoms with Crippen molar-refractivity contribution in [2.45, 2.75) is 32.9 Å². The van der Waals surface area contributed by atoms with Gasteiger partial charge in [-0.1, -0.05) is 6.92 Å². The number of amides is 1. The van der Waals surface area contributed by atoms with Crippen LogP contribution in [0.15, 0.2) is 43.2 Å². The van der Waals surface area contributed by atoms with E-state index in [1.807, 2.05) is 26.0 Å². The molecule has 0 aliphatic carbocycles. The van der Waals surface area contributed by atoms with Gasteiger partial charge in [-0.3, -0.25) is 9.78 Å². The highest BCUT2D eigenvalue weighted by Gasteiger charge is 2.19. The predicted molar refractivity (Wildman–Crippen MR) is 91.5 cm³/mol. The number of carbonyl (C=O) groups excluding carboxylic acids is 1. The van der Waals surface area contributed by atoms with Crippen LogP contribution in [0.4, 0.5) is 0 Å². The maximum atomic E-state index is 12.5. The van der Waals surface area contributed by atoms with Crippen LogP contribution >= 0.6 is 0 Å². The molecular weight excluding hydrogens is 318 g/mol. The van der Waals surface area contributed by atoms with Gasteiger partial charge < -0.3 is 5.32 Å². The molecule has 128 valence electrons. The van der Waals surface area contributed by atoms with E-state index in [-0.39, 0.29) is 11.9 Å². The fourth-order valence-electron chi connectivity index (χ4n) is 2.47. The van der Waals surface area contributed by atoms with Crippen LogP contribution in [0.25, 0.3) is 11.4 Å². The molecular formula is C17H19N7O. The number of pyridine rings is 1. The number of carbonyl (C=O) groups is 1. The van der Waals surface area contributed by atoms with Crippen LogP contribution in [0, 0.1) is 0 Å². The lowest BCUT2D eigenvalue weighted by Gasteiger charge is -2.16. The molecule has 0 aliphatic rings. The molecule has 0 radical (unpaired) electrons. The third-order valence-electron chi connectivity index (χ3n) is 3.82. The summed E-state index contributed by atoms with van der Waals surface area (Å²) in [6.07, 6.45) is 8.61. The van der Waals surface area contributed by atoms with Gasteiger partial charge in [0, 0.05) is 36.9 Å². The Morgan fingerprint density at radius 2 is 1.88 bits per heavy atom. The van der Waals surface area contributed by atoms with E-state index in [4.69, 9.17) is 0 Å². The Bertz CT molecular complexity index is 830. The van der Waals surface area contributed by atoms with Crippen molar-refractivity contribution in [2.24, 2.45) is 0 Å². The minimum Gasteiger partial charge on any atom is -0.342 e. The summed E-state index contributed by atoms with van der Waals surface area (Å²) in [5.41, 5.74) is 1.25. The van der Waals surface area contributed by atoms with E-state index in [1.54, 1.807) is 17.1 Å². The molecule has 3 heterocycles. The Labute approximate surface area is 145 Å². The van der Waals surface area contributed by atoms with E-state index in [0.717, 1.165) is 11.4 Å². The Hall–Kier alpha value is -3.16. The van der Waals surface area contributed by atoms with Gasteiger partial charge >= 0.3 is 0 Å². The number of hydrogen-bond acceptors (Lipinski definition) is 6. The van der Waals surface area contributed by atoms with Crippen LogP contribution in [-0.4, -0.2) is 35.6 Å². The quantitative estimate of drug-likeness (QED) is 0.739. The summed E-state index contributed by atoms with van der Waals surface area (Å²) in [4.78, 5) is 29.3. The van der Waals surface area contributed by atoms with Crippen LogP contribution < -0.4 is 5.32 Å². The second-order valence-corrected chi connectivity index (χ2v) is 5.40. The standard InChI is InChI=1S/C17H19N7O/c1-3-14(16-21-11-22-24(16)4-2)23-17(25)13-9-19-15(20-10-13)12-5-7-18-8-6-12/h5-11,14H,3-4H2,1-2H3,(H,23,25). The van der Waals surface area contributed by atoms with Crippen molar-refractivity contribution in [1.82, 2.24) is 35.0 Å². The number of aryl methyl sites for hydroxylation is 1. The average molecular weight is 337 g/mol. The van der Waals surface area contributed by atoms with E-state index < -0.39 is 0 Å². The third kappa shape index (κ3) is 3.68. The molecule has 3 aromatic rings. The average Bonchev–Trinajstić information content (AvgIpc) is 3.15. The maximum absolute atomic E-state index is 12.5. The van der Waals surface area contributed by atoms with Crippen molar-refractivity contribution >= 4 is 5.91 Å². The summed E-state index contributed by atoms with van der Waals surface area (Å²) in [6, 6.07) is 3.43. The molecule has 0 saturated heterocycles. The van der Waals surface area contributed by atoms with Crippen molar-refractivity contribution in [3.63, 3.8) is 0 Å². The summed E-state index contributed by atoms with van der Waals surface area (Å²) < 4.78 is 1.78. The number of aromatic nitrogens is 6. The number of rotatable bonds is 6. The molecule has 0 saturated carbocycles. The molecule has 1 amide bonds. The van der Waals surface area contributed by atoms with Crippen LogP contribution in [0.3, 0.4) is 0 Å². The van der Waals surface area contributed by atoms with Gasteiger partial charge in [0.2, 0.25) is 0 Å². The zero-order chi connectivity index (χ0) is 17.6. The first-order chi connectivity index (χ1) is 12.2. The molecule has 0 aliphatic heterocycles.